The molecule has 7 nitrogen and oxygen atoms in total. The molecule has 2 aromatic heterocycles. The number of rotatable bonds is 5. The molecule has 0 bridgehead atoms. The van der Waals surface area contributed by atoms with Gasteiger partial charge in [-0.1, -0.05) is 12.1 Å². The molecule has 2 N–H and O–H groups in total. The second-order valence-electron chi connectivity index (χ2n) is 5.40. The zero-order chi connectivity index (χ0) is 18.5. The molecule has 0 aliphatic heterocycles. The quantitative estimate of drug-likeness (QED) is 0.667. The van der Waals surface area contributed by atoms with Crippen LogP contribution < -0.4 is 10.6 Å². The Balaban J connectivity index is 1.61. The molecule has 0 aliphatic carbocycles. The number of carbonyl (C=O) groups is 2. The molecular weight excluding hydrogens is 400 g/mol. The lowest BCUT2D eigenvalue weighted by Crippen LogP contribution is -2.32. The van der Waals surface area contributed by atoms with Gasteiger partial charge >= 0.3 is 0 Å². The third-order valence-electron chi connectivity index (χ3n) is 3.42. The molecule has 1 aromatic carbocycles. The fraction of sp³-hybridized carbons (Fsp3) is 0.111. The number of furan rings is 1. The van der Waals surface area contributed by atoms with Gasteiger partial charge in [0, 0.05) is 17.4 Å². The molecule has 26 heavy (non-hydrogen) atoms. The third-order valence-corrected chi connectivity index (χ3v) is 3.85. The van der Waals surface area contributed by atoms with Crippen molar-refractivity contribution in [3.63, 3.8) is 0 Å². The number of carbonyl (C=O) groups excluding carboxylic acids is 2. The van der Waals surface area contributed by atoms with E-state index < -0.39 is 5.91 Å². The van der Waals surface area contributed by atoms with Crippen molar-refractivity contribution in [2.75, 3.05) is 11.9 Å². The Bertz CT molecular complexity index is 955. The predicted octanol–water partition coefficient (Wildman–Crippen LogP) is 3.18. The maximum Gasteiger partial charge on any atom is 0.287 e. The van der Waals surface area contributed by atoms with Gasteiger partial charge in [0.2, 0.25) is 5.91 Å². The van der Waals surface area contributed by atoms with Crippen molar-refractivity contribution in [1.29, 1.82) is 0 Å². The lowest BCUT2D eigenvalue weighted by molar-refractivity contribution is -0.115. The second-order valence-corrected chi connectivity index (χ2v) is 6.19. The van der Waals surface area contributed by atoms with Crippen LogP contribution in [0.1, 0.15) is 16.4 Å². The van der Waals surface area contributed by atoms with Crippen LogP contribution >= 0.6 is 15.9 Å². The summed E-state index contributed by atoms with van der Waals surface area (Å²) in [6.45, 7) is 1.64. The molecule has 0 saturated heterocycles. The van der Waals surface area contributed by atoms with Crippen molar-refractivity contribution in [3.05, 3.63) is 64.9 Å². The van der Waals surface area contributed by atoms with Gasteiger partial charge in [-0.05, 0) is 53.2 Å². The van der Waals surface area contributed by atoms with Crippen molar-refractivity contribution in [3.8, 4) is 11.3 Å². The smallest absolute Gasteiger partial charge is 0.287 e. The number of hydrogen-bond donors (Lipinski definition) is 2. The van der Waals surface area contributed by atoms with Crippen LogP contribution in [0.5, 0.6) is 0 Å². The number of benzene rings is 1. The van der Waals surface area contributed by atoms with Crippen LogP contribution in [0.15, 0.2) is 57.7 Å². The molecule has 0 aliphatic rings. The van der Waals surface area contributed by atoms with Gasteiger partial charge in [-0.25, -0.2) is 9.97 Å². The number of nitrogens with one attached hydrogen (secondary N) is 2. The second kappa shape index (κ2) is 7.92. The number of aromatic nitrogens is 2. The first-order valence-corrected chi connectivity index (χ1v) is 8.54. The Morgan fingerprint density at radius 3 is 2.77 bits per heavy atom. The van der Waals surface area contributed by atoms with E-state index in [0.29, 0.717) is 16.2 Å². The van der Waals surface area contributed by atoms with Gasteiger partial charge in [0.05, 0.1) is 12.2 Å². The summed E-state index contributed by atoms with van der Waals surface area (Å²) in [6.07, 6.45) is 1.69. The van der Waals surface area contributed by atoms with Crippen molar-refractivity contribution in [2.45, 2.75) is 6.92 Å². The molecule has 0 spiro atoms. The number of hydrogen-bond acceptors (Lipinski definition) is 5. The Morgan fingerprint density at radius 1 is 1.19 bits per heavy atom. The Morgan fingerprint density at radius 2 is 2.04 bits per heavy atom. The highest BCUT2D eigenvalue weighted by Gasteiger charge is 2.12. The Kier molecular flexibility index (Phi) is 5.43. The highest BCUT2D eigenvalue weighted by molar-refractivity contribution is 9.10. The molecule has 2 amide bonds. The van der Waals surface area contributed by atoms with Gasteiger partial charge in [-0.2, -0.15) is 0 Å². The first-order chi connectivity index (χ1) is 12.5. The van der Waals surface area contributed by atoms with E-state index >= 15 is 0 Å². The molecule has 0 unspecified atom stereocenters. The molecule has 8 heteroatoms. The van der Waals surface area contributed by atoms with Crippen LogP contribution in [0.25, 0.3) is 11.3 Å². The van der Waals surface area contributed by atoms with Crippen LogP contribution in [-0.4, -0.2) is 28.3 Å². The fourth-order valence-electron chi connectivity index (χ4n) is 2.26. The number of halogens is 1. The van der Waals surface area contributed by atoms with Crippen LogP contribution in [0, 0.1) is 6.92 Å². The van der Waals surface area contributed by atoms with Crippen LogP contribution in [0.3, 0.4) is 0 Å². The monoisotopic (exact) mass is 414 g/mol. The van der Waals surface area contributed by atoms with E-state index in [1.165, 1.54) is 6.07 Å². The maximum absolute atomic E-state index is 12.1. The summed E-state index contributed by atoms with van der Waals surface area (Å²) in [5.74, 6) is -0.00827. The van der Waals surface area contributed by atoms with Crippen LogP contribution in [0.2, 0.25) is 0 Å². The van der Waals surface area contributed by atoms with E-state index in [-0.39, 0.29) is 18.2 Å². The zero-order valence-electron chi connectivity index (χ0n) is 13.8. The minimum atomic E-state index is -0.462. The van der Waals surface area contributed by atoms with E-state index in [9.17, 15) is 9.59 Å². The summed E-state index contributed by atoms with van der Waals surface area (Å²) in [6, 6.07) is 12.2. The topological polar surface area (TPSA) is 97.1 Å². The van der Waals surface area contributed by atoms with Crippen molar-refractivity contribution in [2.24, 2.45) is 0 Å². The first kappa shape index (κ1) is 17.8. The molecular formula is C18H15BrN4O3. The van der Waals surface area contributed by atoms with Gasteiger partial charge in [0.1, 0.15) is 5.82 Å². The summed E-state index contributed by atoms with van der Waals surface area (Å²) in [5.41, 5.74) is 2.24. The fourth-order valence-corrected chi connectivity index (χ4v) is 2.57. The van der Waals surface area contributed by atoms with Crippen molar-refractivity contribution in [1.82, 2.24) is 15.3 Å². The van der Waals surface area contributed by atoms with Crippen LogP contribution in [-0.2, 0) is 4.79 Å². The maximum atomic E-state index is 12.1. The van der Waals surface area contributed by atoms with Gasteiger partial charge in [-0.15, -0.1) is 0 Å². The highest BCUT2D eigenvalue weighted by atomic mass is 79.9. The molecule has 0 saturated carbocycles. The van der Waals surface area contributed by atoms with Gasteiger partial charge < -0.3 is 15.1 Å². The Labute approximate surface area is 158 Å². The van der Waals surface area contributed by atoms with Crippen molar-refractivity contribution >= 4 is 33.4 Å². The normalized spacial score (nSPS) is 10.4. The lowest BCUT2D eigenvalue weighted by atomic mass is 10.1. The number of anilines is 1. The van der Waals surface area contributed by atoms with Crippen LogP contribution in [0.4, 0.5) is 5.69 Å². The van der Waals surface area contributed by atoms with E-state index in [4.69, 9.17) is 4.42 Å². The standard InChI is InChI=1S/C18H15BrN4O3/c1-11-20-8-7-14(22-11)12-3-2-4-13(9-12)23-17(24)10-21-18(25)15-5-6-16(19)26-15/h2-9H,10H2,1H3,(H,21,25)(H,23,24). The molecule has 132 valence electrons. The summed E-state index contributed by atoms with van der Waals surface area (Å²) < 4.78 is 5.58. The minimum Gasteiger partial charge on any atom is -0.444 e. The molecule has 0 atom stereocenters. The van der Waals surface area contributed by atoms with Crippen molar-refractivity contribution < 1.29 is 14.0 Å². The van der Waals surface area contributed by atoms with E-state index in [0.717, 1.165) is 11.3 Å². The summed E-state index contributed by atoms with van der Waals surface area (Å²) >= 11 is 3.12. The SMILES string of the molecule is Cc1nccc(-c2cccc(NC(=O)CNC(=O)c3ccc(Br)o3)c2)n1. The number of amides is 2. The first-order valence-electron chi connectivity index (χ1n) is 7.75. The zero-order valence-corrected chi connectivity index (χ0v) is 15.4. The minimum absolute atomic E-state index is 0.130. The molecule has 3 rings (SSSR count). The molecule has 0 fully saturated rings. The average molecular weight is 415 g/mol. The lowest BCUT2D eigenvalue weighted by Gasteiger charge is -2.08. The highest BCUT2D eigenvalue weighted by Crippen LogP contribution is 2.20. The molecule has 2 heterocycles. The third kappa shape index (κ3) is 4.54. The van der Waals surface area contributed by atoms with E-state index in [1.54, 1.807) is 24.4 Å². The molecule has 0 radical (unpaired) electrons. The van der Waals surface area contributed by atoms with Gasteiger partial charge in [0.25, 0.3) is 5.91 Å². The van der Waals surface area contributed by atoms with E-state index in [2.05, 4.69) is 36.5 Å². The Hall–Kier alpha value is -3.00. The molecule has 3 aromatic rings. The van der Waals surface area contributed by atoms with E-state index in [1.807, 2.05) is 25.1 Å². The van der Waals surface area contributed by atoms with Gasteiger partial charge in [0.15, 0.2) is 10.4 Å². The summed E-state index contributed by atoms with van der Waals surface area (Å²) in [7, 11) is 0. The number of nitrogens with zero attached hydrogens (tertiary/aromatic N) is 2. The summed E-state index contributed by atoms with van der Waals surface area (Å²) in [5, 5.41) is 5.24. The largest absolute Gasteiger partial charge is 0.444 e. The average Bonchev–Trinajstić information content (AvgIpc) is 3.06. The summed E-state index contributed by atoms with van der Waals surface area (Å²) in [4.78, 5) is 32.4. The predicted molar refractivity (Wildman–Crippen MR) is 99.6 cm³/mol. The number of aryl methyl sites for hydroxylation is 1. The van der Waals surface area contributed by atoms with Gasteiger partial charge in [-0.3, -0.25) is 9.59 Å².